The van der Waals surface area contributed by atoms with Crippen molar-refractivity contribution in [1.82, 2.24) is 9.97 Å². The Balaban J connectivity index is 1.73. The molecule has 0 N–H and O–H groups in total. The normalized spacial score (nSPS) is 13.2. The zero-order valence-corrected chi connectivity index (χ0v) is 19.2. The molecule has 1 heterocycles. The Hall–Kier alpha value is -2.04. The number of hydrogen-bond acceptors (Lipinski definition) is 3. The van der Waals surface area contributed by atoms with Crippen molar-refractivity contribution in [2.45, 2.75) is 96.8 Å². The van der Waals surface area contributed by atoms with Crippen molar-refractivity contribution in [1.29, 1.82) is 0 Å². The summed E-state index contributed by atoms with van der Waals surface area (Å²) < 4.78 is 32.9. The van der Waals surface area contributed by atoms with Crippen LogP contribution >= 0.6 is 0 Å². The molecule has 172 valence electrons. The third-order valence-corrected chi connectivity index (χ3v) is 5.55. The van der Waals surface area contributed by atoms with Crippen molar-refractivity contribution < 1.29 is 13.5 Å². The van der Waals surface area contributed by atoms with E-state index in [2.05, 4.69) is 29.0 Å². The van der Waals surface area contributed by atoms with Crippen molar-refractivity contribution in [3.63, 3.8) is 0 Å². The maximum absolute atomic E-state index is 13.8. The lowest BCUT2D eigenvalue weighted by Crippen LogP contribution is -2.20. The van der Waals surface area contributed by atoms with E-state index in [9.17, 15) is 8.78 Å². The average Bonchev–Trinajstić information content (AvgIpc) is 2.80. The van der Waals surface area contributed by atoms with Gasteiger partial charge in [0.05, 0.1) is 19.0 Å². The molecule has 0 fully saturated rings. The van der Waals surface area contributed by atoms with Crippen LogP contribution in [-0.2, 0) is 6.42 Å². The number of nitrogens with zero attached hydrogens (tertiary/aromatic N) is 2. The van der Waals surface area contributed by atoms with Gasteiger partial charge in [-0.1, -0.05) is 83.1 Å². The summed E-state index contributed by atoms with van der Waals surface area (Å²) in [5.74, 6) is 1.10. The lowest BCUT2D eigenvalue weighted by Gasteiger charge is -2.13. The Kier molecular flexibility index (Phi) is 12.1. The third-order valence-electron chi connectivity index (χ3n) is 5.55. The van der Waals surface area contributed by atoms with Crippen LogP contribution in [0.15, 0.2) is 36.7 Å². The van der Waals surface area contributed by atoms with Crippen molar-refractivity contribution >= 4 is 0 Å². The van der Waals surface area contributed by atoms with E-state index in [1.165, 1.54) is 44.1 Å². The quantitative estimate of drug-likeness (QED) is 0.255. The highest BCUT2D eigenvalue weighted by atomic mass is 19.2. The summed E-state index contributed by atoms with van der Waals surface area (Å²) in [7, 11) is 0. The molecule has 5 heteroatoms. The van der Waals surface area contributed by atoms with Crippen LogP contribution in [0, 0.1) is 0 Å². The van der Waals surface area contributed by atoms with E-state index in [0.29, 0.717) is 18.0 Å². The summed E-state index contributed by atoms with van der Waals surface area (Å²) >= 11 is 0. The molecule has 2 unspecified atom stereocenters. The van der Waals surface area contributed by atoms with Crippen molar-refractivity contribution in [3.8, 4) is 17.1 Å². The lowest BCUT2D eigenvalue weighted by molar-refractivity contribution is 0.128. The zero-order chi connectivity index (χ0) is 22.3. The third kappa shape index (κ3) is 9.75. The van der Waals surface area contributed by atoms with E-state index in [4.69, 9.17) is 4.74 Å². The van der Waals surface area contributed by atoms with Crippen LogP contribution in [0.3, 0.4) is 0 Å². The number of aryl methyl sites for hydroxylation is 1. The molecular weight excluding hydrogens is 394 g/mol. The monoisotopic (exact) mass is 432 g/mol. The standard InChI is InChI=1S/C26H38F2N2O/c1-3-5-7-8-9-10-11-21-13-15-22(16-14-21)26-29-19-23(20-30-26)31-18-17-25(28)24(27)12-6-4-2/h13-16,19-20,24-25H,3-12,17-18H2,1-2H3. The molecular formula is C26H38F2N2O. The van der Waals surface area contributed by atoms with Gasteiger partial charge in [-0.25, -0.2) is 18.7 Å². The van der Waals surface area contributed by atoms with Gasteiger partial charge >= 0.3 is 0 Å². The first kappa shape index (κ1) is 25.2. The van der Waals surface area contributed by atoms with E-state index in [1.807, 2.05) is 19.1 Å². The van der Waals surface area contributed by atoms with Gasteiger partial charge in [0.25, 0.3) is 0 Å². The number of aromatic nitrogens is 2. The van der Waals surface area contributed by atoms with E-state index in [-0.39, 0.29) is 19.4 Å². The second kappa shape index (κ2) is 14.9. The Bertz CT molecular complexity index is 706. The van der Waals surface area contributed by atoms with Gasteiger partial charge in [0.2, 0.25) is 0 Å². The highest BCUT2D eigenvalue weighted by molar-refractivity contribution is 5.55. The molecule has 2 rings (SSSR count). The van der Waals surface area contributed by atoms with E-state index >= 15 is 0 Å². The minimum Gasteiger partial charge on any atom is -0.490 e. The molecule has 1 aromatic carbocycles. The number of ether oxygens (including phenoxy) is 1. The summed E-state index contributed by atoms with van der Waals surface area (Å²) in [5, 5.41) is 0. The van der Waals surface area contributed by atoms with E-state index in [0.717, 1.165) is 18.4 Å². The molecule has 0 aliphatic heterocycles. The second-order valence-electron chi connectivity index (χ2n) is 8.27. The van der Waals surface area contributed by atoms with E-state index < -0.39 is 12.3 Å². The van der Waals surface area contributed by atoms with Gasteiger partial charge in [0.15, 0.2) is 11.6 Å². The van der Waals surface area contributed by atoms with Gasteiger partial charge in [-0.3, -0.25) is 0 Å². The fraction of sp³-hybridized carbons (Fsp3) is 0.615. The number of halogens is 2. The van der Waals surface area contributed by atoms with Gasteiger partial charge < -0.3 is 4.74 Å². The zero-order valence-electron chi connectivity index (χ0n) is 19.2. The minimum absolute atomic E-state index is 0.0344. The predicted octanol–water partition coefficient (Wildman–Crippen LogP) is 7.68. The molecule has 31 heavy (non-hydrogen) atoms. The summed E-state index contributed by atoms with van der Waals surface area (Å²) in [5.41, 5.74) is 2.29. The van der Waals surface area contributed by atoms with Crippen LogP contribution in [0.1, 0.15) is 83.6 Å². The van der Waals surface area contributed by atoms with E-state index in [1.54, 1.807) is 12.4 Å². The Labute approximate surface area is 186 Å². The first-order valence-corrected chi connectivity index (χ1v) is 12.0. The molecule has 0 aliphatic carbocycles. The summed E-state index contributed by atoms with van der Waals surface area (Å²) in [6.45, 7) is 4.33. The lowest BCUT2D eigenvalue weighted by atomic mass is 10.0. The molecule has 0 amide bonds. The average molecular weight is 433 g/mol. The van der Waals surface area contributed by atoms with Gasteiger partial charge in [-0.05, 0) is 24.8 Å². The Morgan fingerprint density at radius 3 is 2.06 bits per heavy atom. The molecule has 0 saturated carbocycles. The molecule has 0 aliphatic rings. The number of benzene rings is 1. The molecule has 0 radical (unpaired) electrons. The first-order valence-electron chi connectivity index (χ1n) is 12.0. The fourth-order valence-corrected chi connectivity index (χ4v) is 3.52. The molecule has 1 aromatic heterocycles. The topological polar surface area (TPSA) is 35.0 Å². The highest BCUT2D eigenvalue weighted by Crippen LogP contribution is 2.20. The predicted molar refractivity (Wildman–Crippen MR) is 124 cm³/mol. The fourth-order valence-electron chi connectivity index (χ4n) is 3.52. The molecule has 2 atom stereocenters. The highest BCUT2D eigenvalue weighted by Gasteiger charge is 2.19. The molecule has 3 nitrogen and oxygen atoms in total. The first-order chi connectivity index (χ1) is 15.1. The van der Waals surface area contributed by atoms with Gasteiger partial charge in [-0.15, -0.1) is 0 Å². The molecule has 0 saturated heterocycles. The number of unbranched alkanes of at least 4 members (excludes halogenated alkanes) is 6. The van der Waals surface area contributed by atoms with Crippen molar-refractivity contribution in [2.24, 2.45) is 0 Å². The van der Waals surface area contributed by atoms with Crippen LogP contribution in [-0.4, -0.2) is 28.9 Å². The minimum atomic E-state index is -1.48. The SMILES string of the molecule is CCCCCCCCc1ccc(-c2ncc(OCCC(F)C(F)CCCC)cn2)cc1. The number of alkyl halides is 2. The second-order valence-corrected chi connectivity index (χ2v) is 8.27. The maximum atomic E-state index is 13.8. The maximum Gasteiger partial charge on any atom is 0.159 e. The van der Waals surface area contributed by atoms with Crippen LogP contribution in [0.4, 0.5) is 8.78 Å². The van der Waals surface area contributed by atoms with Gasteiger partial charge in [0.1, 0.15) is 12.3 Å². The molecule has 0 bridgehead atoms. The van der Waals surface area contributed by atoms with Crippen LogP contribution in [0.25, 0.3) is 11.4 Å². The number of hydrogen-bond donors (Lipinski definition) is 0. The summed E-state index contributed by atoms with van der Waals surface area (Å²) in [6, 6.07) is 8.38. The van der Waals surface area contributed by atoms with Gasteiger partial charge in [-0.2, -0.15) is 0 Å². The smallest absolute Gasteiger partial charge is 0.159 e. The van der Waals surface area contributed by atoms with Crippen LogP contribution in [0.2, 0.25) is 0 Å². The van der Waals surface area contributed by atoms with Crippen molar-refractivity contribution in [2.75, 3.05) is 6.61 Å². The summed E-state index contributed by atoms with van der Waals surface area (Å²) in [6.07, 6.45) is 11.1. The molecule has 2 aromatic rings. The molecule has 0 spiro atoms. The van der Waals surface area contributed by atoms with Crippen molar-refractivity contribution in [3.05, 3.63) is 42.2 Å². The largest absolute Gasteiger partial charge is 0.490 e. The Morgan fingerprint density at radius 1 is 0.774 bits per heavy atom. The Morgan fingerprint density at radius 2 is 1.39 bits per heavy atom. The van der Waals surface area contributed by atoms with Gasteiger partial charge in [0, 0.05) is 12.0 Å². The summed E-state index contributed by atoms with van der Waals surface area (Å²) in [4.78, 5) is 8.70. The van der Waals surface area contributed by atoms with Crippen LogP contribution < -0.4 is 4.74 Å². The number of rotatable bonds is 16. The van der Waals surface area contributed by atoms with Crippen LogP contribution in [0.5, 0.6) is 5.75 Å².